The Morgan fingerprint density at radius 2 is 1.70 bits per heavy atom. The molecular formula is C18H12F3NO. The zero-order valence-electron chi connectivity index (χ0n) is 12.0. The van der Waals surface area contributed by atoms with E-state index in [1.54, 1.807) is 0 Å². The molecule has 0 aromatic heterocycles. The molecule has 2 aromatic carbocycles. The van der Waals surface area contributed by atoms with E-state index in [1.807, 2.05) is 30.3 Å². The first kappa shape index (κ1) is 16.4. The van der Waals surface area contributed by atoms with Crippen LogP contribution in [0.3, 0.4) is 0 Å². The first-order valence-corrected chi connectivity index (χ1v) is 6.60. The van der Waals surface area contributed by atoms with Crippen LogP contribution in [0.1, 0.15) is 16.7 Å². The number of halogens is 3. The molecule has 0 amide bonds. The molecule has 0 aliphatic rings. The molecule has 0 atom stereocenters. The van der Waals surface area contributed by atoms with Crippen molar-refractivity contribution in [2.75, 3.05) is 0 Å². The number of hydrogen-bond acceptors (Lipinski definition) is 2. The van der Waals surface area contributed by atoms with E-state index in [0.29, 0.717) is 5.56 Å². The molecule has 0 heterocycles. The third kappa shape index (κ3) is 4.75. The molecule has 5 heteroatoms. The normalized spacial score (nSPS) is 11.3. The maximum Gasteiger partial charge on any atom is 0.416 e. The number of oxime groups is 1. The highest BCUT2D eigenvalue weighted by Crippen LogP contribution is 2.29. The molecule has 0 N–H and O–H groups in total. The molecular weight excluding hydrogens is 303 g/mol. The average Bonchev–Trinajstić information content (AvgIpc) is 2.55. The van der Waals surface area contributed by atoms with Crippen LogP contribution in [-0.2, 0) is 11.0 Å². The van der Waals surface area contributed by atoms with Crippen molar-refractivity contribution in [1.29, 1.82) is 0 Å². The van der Waals surface area contributed by atoms with Gasteiger partial charge in [-0.15, -0.1) is 0 Å². The molecule has 0 saturated heterocycles. The SMILES string of the molecule is C=CO/N=C(\C#Cc1ccccc1)c1ccc(C(F)(F)F)cc1. The van der Waals surface area contributed by atoms with Gasteiger partial charge in [0.2, 0.25) is 0 Å². The molecule has 2 nitrogen and oxygen atoms in total. The van der Waals surface area contributed by atoms with Crippen molar-refractivity contribution in [2.45, 2.75) is 6.18 Å². The highest BCUT2D eigenvalue weighted by atomic mass is 19.4. The quantitative estimate of drug-likeness (QED) is 0.350. The van der Waals surface area contributed by atoms with Crippen molar-refractivity contribution >= 4 is 5.71 Å². The first-order valence-electron chi connectivity index (χ1n) is 6.60. The Bertz CT molecular complexity index is 751. The second kappa shape index (κ2) is 7.32. The summed E-state index contributed by atoms with van der Waals surface area (Å²) in [7, 11) is 0. The second-order valence-electron chi connectivity index (χ2n) is 4.40. The van der Waals surface area contributed by atoms with Gasteiger partial charge in [0.15, 0.2) is 5.71 Å². The van der Waals surface area contributed by atoms with E-state index in [-0.39, 0.29) is 5.71 Å². The third-order valence-corrected chi connectivity index (χ3v) is 2.80. The summed E-state index contributed by atoms with van der Waals surface area (Å²) in [6.07, 6.45) is -3.28. The van der Waals surface area contributed by atoms with E-state index in [2.05, 4.69) is 23.6 Å². The maximum atomic E-state index is 12.6. The number of hydrogen-bond donors (Lipinski definition) is 0. The number of nitrogens with zero attached hydrogens (tertiary/aromatic N) is 1. The van der Waals surface area contributed by atoms with E-state index in [0.717, 1.165) is 24.0 Å². The summed E-state index contributed by atoms with van der Waals surface area (Å²) < 4.78 is 37.8. The molecule has 0 unspecified atom stereocenters. The molecule has 2 aromatic rings. The lowest BCUT2D eigenvalue weighted by Crippen LogP contribution is -2.06. The average molecular weight is 315 g/mol. The van der Waals surface area contributed by atoms with Gasteiger partial charge in [0.05, 0.1) is 5.56 Å². The first-order chi connectivity index (χ1) is 11.0. The van der Waals surface area contributed by atoms with Gasteiger partial charge >= 0.3 is 6.18 Å². The molecule has 0 radical (unpaired) electrons. The van der Waals surface area contributed by atoms with Gasteiger partial charge in [0, 0.05) is 11.1 Å². The van der Waals surface area contributed by atoms with E-state index in [1.165, 1.54) is 12.1 Å². The molecule has 0 aliphatic heterocycles. The predicted octanol–water partition coefficient (Wildman–Crippen LogP) is 4.62. The van der Waals surface area contributed by atoms with Gasteiger partial charge in [-0.05, 0) is 30.2 Å². The van der Waals surface area contributed by atoms with Crippen LogP contribution in [0.15, 0.2) is 72.6 Å². The van der Waals surface area contributed by atoms with E-state index in [4.69, 9.17) is 4.84 Å². The standard InChI is InChI=1S/C18H12F3NO/c1-2-23-22-17(13-8-14-6-4-3-5-7-14)15-9-11-16(12-10-15)18(19,20)21/h2-7,9-12H,1H2/b22-17+. The molecule has 0 fully saturated rings. The summed E-state index contributed by atoms with van der Waals surface area (Å²) in [6.45, 7) is 3.36. The lowest BCUT2D eigenvalue weighted by molar-refractivity contribution is -0.137. The predicted molar refractivity (Wildman–Crippen MR) is 82.6 cm³/mol. The molecule has 0 bridgehead atoms. The molecule has 116 valence electrons. The van der Waals surface area contributed by atoms with Crippen LogP contribution >= 0.6 is 0 Å². The molecule has 23 heavy (non-hydrogen) atoms. The number of benzene rings is 2. The zero-order chi connectivity index (χ0) is 16.7. The van der Waals surface area contributed by atoms with Gasteiger partial charge in [0.25, 0.3) is 0 Å². The summed E-state index contributed by atoms with van der Waals surface area (Å²) in [4.78, 5) is 4.76. The summed E-state index contributed by atoms with van der Waals surface area (Å²) in [5, 5.41) is 3.76. The van der Waals surface area contributed by atoms with Gasteiger partial charge in [-0.1, -0.05) is 48.0 Å². The van der Waals surface area contributed by atoms with E-state index in [9.17, 15) is 13.2 Å². The lowest BCUT2D eigenvalue weighted by Gasteiger charge is -2.06. The monoisotopic (exact) mass is 315 g/mol. The Morgan fingerprint density at radius 1 is 1.04 bits per heavy atom. The van der Waals surface area contributed by atoms with Crippen molar-refractivity contribution < 1.29 is 18.0 Å². The minimum absolute atomic E-state index is 0.211. The second-order valence-corrected chi connectivity index (χ2v) is 4.40. The highest BCUT2D eigenvalue weighted by Gasteiger charge is 2.30. The number of alkyl halides is 3. The topological polar surface area (TPSA) is 21.6 Å². The van der Waals surface area contributed by atoms with Crippen LogP contribution < -0.4 is 0 Å². The van der Waals surface area contributed by atoms with Gasteiger partial charge in [-0.25, -0.2) is 0 Å². The Kier molecular flexibility index (Phi) is 5.21. The molecule has 0 spiro atoms. The van der Waals surface area contributed by atoms with Crippen molar-refractivity contribution in [3.8, 4) is 11.8 Å². The van der Waals surface area contributed by atoms with Crippen molar-refractivity contribution in [3.63, 3.8) is 0 Å². The Hall–Kier alpha value is -3.00. The smallest absolute Gasteiger partial charge is 0.364 e. The van der Waals surface area contributed by atoms with Crippen LogP contribution in [0, 0.1) is 11.8 Å². The summed E-state index contributed by atoms with van der Waals surface area (Å²) in [5.41, 5.74) is 0.651. The van der Waals surface area contributed by atoms with Crippen molar-refractivity contribution in [2.24, 2.45) is 5.16 Å². The molecule has 0 saturated carbocycles. The fourth-order valence-corrected chi connectivity index (χ4v) is 1.71. The third-order valence-electron chi connectivity index (χ3n) is 2.80. The fraction of sp³-hybridized carbons (Fsp3) is 0.0556. The summed E-state index contributed by atoms with van der Waals surface area (Å²) in [6, 6.07) is 13.7. The molecule has 0 aliphatic carbocycles. The Labute approximate surface area is 131 Å². The maximum absolute atomic E-state index is 12.6. The van der Waals surface area contributed by atoms with Gasteiger partial charge in [-0.2, -0.15) is 13.2 Å². The van der Waals surface area contributed by atoms with Crippen molar-refractivity contribution in [1.82, 2.24) is 0 Å². The largest absolute Gasteiger partial charge is 0.416 e. The Morgan fingerprint density at radius 3 is 2.26 bits per heavy atom. The zero-order valence-corrected chi connectivity index (χ0v) is 12.0. The van der Waals surface area contributed by atoms with Crippen LogP contribution in [0.2, 0.25) is 0 Å². The van der Waals surface area contributed by atoms with Crippen molar-refractivity contribution in [3.05, 3.63) is 84.1 Å². The van der Waals surface area contributed by atoms with Crippen LogP contribution in [0.25, 0.3) is 0 Å². The lowest BCUT2D eigenvalue weighted by atomic mass is 10.1. The summed E-state index contributed by atoms with van der Waals surface area (Å²) in [5.74, 6) is 5.67. The van der Waals surface area contributed by atoms with E-state index < -0.39 is 11.7 Å². The fourth-order valence-electron chi connectivity index (χ4n) is 1.71. The van der Waals surface area contributed by atoms with E-state index >= 15 is 0 Å². The highest BCUT2D eigenvalue weighted by molar-refractivity contribution is 6.13. The minimum Gasteiger partial charge on any atom is -0.364 e. The van der Waals surface area contributed by atoms with Crippen LogP contribution in [0.4, 0.5) is 13.2 Å². The minimum atomic E-state index is -4.39. The van der Waals surface area contributed by atoms with Crippen LogP contribution in [0.5, 0.6) is 0 Å². The Balaban J connectivity index is 2.33. The molecule has 2 rings (SSSR count). The van der Waals surface area contributed by atoms with Crippen LogP contribution in [-0.4, -0.2) is 5.71 Å². The number of rotatable bonds is 3. The van der Waals surface area contributed by atoms with Gasteiger partial charge < -0.3 is 4.84 Å². The van der Waals surface area contributed by atoms with Gasteiger partial charge in [-0.3, -0.25) is 0 Å². The van der Waals surface area contributed by atoms with Gasteiger partial charge in [0.1, 0.15) is 6.26 Å². The summed E-state index contributed by atoms with van der Waals surface area (Å²) >= 11 is 0.